The second-order valence-corrected chi connectivity index (χ2v) is 3.26. The molecule has 0 saturated carbocycles. The van der Waals surface area contributed by atoms with E-state index in [1.165, 1.54) is 12.8 Å². The molecular formula is C6H13NNaS2. The van der Waals surface area contributed by atoms with E-state index in [1.54, 1.807) is 11.8 Å². The molecule has 0 amide bonds. The van der Waals surface area contributed by atoms with Gasteiger partial charge in [-0.1, -0.05) is 25.6 Å². The smallest absolute Gasteiger partial charge is 0.133 e. The van der Waals surface area contributed by atoms with Crippen molar-refractivity contribution >= 4 is 57.9 Å². The average Bonchev–Trinajstić information content (AvgIpc) is 1.89. The largest absolute Gasteiger partial charge is 0.371 e. The van der Waals surface area contributed by atoms with E-state index in [4.69, 9.17) is 12.2 Å². The molecule has 55 valence electrons. The Bertz CT molecular complexity index is 87.8. The molecule has 1 N–H and O–H groups in total. The zero-order valence-corrected chi connectivity index (χ0v) is 10.6. The molecule has 0 spiro atoms. The van der Waals surface area contributed by atoms with Crippen molar-refractivity contribution in [2.24, 2.45) is 0 Å². The van der Waals surface area contributed by atoms with Crippen LogP contribution in [0.15, 0.2) is 0 Å². The third kappa shape index (κ3) is 9.24. The van der Waals surface area contributed by atoms with Crippen LogP contribution in [-0.2, 0) is 0 Å². The second-order valence-electron chi connectivity index (χ2n) is 1.77. The van der Waals surface area contributed by atoms with Crippen LogP contribution in [-0.4, -0.2) is 46.7 Å². The Morgan fingerprint density at radius 3 is 2.60 bits per heavy atom. The van der Waals surface area contributed by atoms with Crippen LogP contribution in [0.1, 0.15) is 19.8 Å². The van der Waals surface area contributed by atoms with Crippen molar-refractivity contribution in [3.63, 3.8) is 0 Å². The van der Waals surface area contributed by atoms with Crippen LogP contribution >= 0.6 is 24.0 Å². The molecule has 0 atom stereocenters. The summed E-state index contributed by atoms with van der Waals surface area (Å²) < 4.78 is 0.906. The maximum absolute atomic E-state index is 4.92. The normalized spacial score (nSPS) is 8.20. The number of thiocarbonyl (C=S) groups is 1. The average molecular weight is 186 g/mol. The van der Waals surface area contributed by atoms with E-state index in [9.17, 15) is 0 Å². The van der Waals surface area contributed by atoms with Crippen LogP contribution in [0.3, 0.4) is 0 Å². The van der Waals surface area contributed by atoms with E-state index >= 15 is 0 Å². The Hall–Kier alpha value is 1.24. The summed E-state index contributed by atoms with van der Waals surface area (Å²) in [6, 6.07) is 0. The Morgan fingerprint density at radius 1 is 1.60 bits per heavy atom. The molecule has 0 aromatic carbocycles. The van der Waals surface area contributed by atoms with Gasteiger partial charge in [-0.2, -0.15) is 0 Å². The fraction of sp³-hybridized carbons (Fsp3) is 0.833. The number of thioether (sulfide) groups is 1. The predicted molar refractivity (Wildman–Crippen MR) is 54.8 cm³/mol. The van der Waals surface area contributed by atoms with E-state index in [1.807, 2.05) is 6.26 Å². The summed E-state index contributed by atoms with van der Waals surface area (Å²) in [6.07, 6.45) is 4.42. The van der Waals surface area contributed by atoms with Gasteiger partial charge in [0.25, 0.3) is 0 Å². The third-order valence-electron chi connectivity index (χ3n) is 0.985. The monoisotopic (exact) mass is 186 g/mol. The van der Waals surface area contributed by atoms with Crippen LogP contribution < -0.4 is 5.32 Å². The minimum absolute atomic E-state index is 0. The van der Waals surface area contributed by atoms with Gasteiger partial charge in [0.15, 0.2) is 0 Å². The molecule has 10 heavy (non-hydrogen) atoms. The van der Waals surface area contributed by atoms with Crippen LogP contribution in [0, 0.1) is 0 Å². The van der Waals surface area contributed by atoms with Crippen molar-refractivity contribution in [2.45, 2.75) is 19.8 Å². The van der Waals surface area contributed by atoms with E-state index in [2.05, 4.69) is 12.2 Å². The summed E-state index contributed by atoms with van der Waals surface area (Å²) in [5.41, 5.74) is 0. The molecule has 0 fully saturated rings. The molecule has 0 aliphatic carbocycles. The molecule has 0 rings (SSSR count). The molecule has 0 unspecified atom stereocenters. The zero-order valence-electron chi connectivity index (χ0n) is 6.94. The van der Waals surface area contributed by atoms with Crippen molar-refractivity contribution in [3.05, 3.63) is 0 Å². The van der Waals surface area contributed by atoms with Crippen LogP contribution in [0.2, 0.25) is 0 Å². The molecule has 1 radical (unpaired) electrons. The van der Waals surface area contributed by atoms with Gasteiger partial charge in [0.05, 0.1) is 0 Å². The number of hydrogen-bond donors (Lipinski definition) is 1. The molecule has 0 bridgehead atoms. The van der Waals surface area contributed by atoms with E-state index in [0.29, 0.717) is 0 Å². The molecule has 0 aliphatic heterocycles. The fourth-order valence-corrected chi connectivity index (χ4v) is 0.788. The third-order valence-corrected chi connectivity index (χ3v) is 2.14. The topological polar surface area (TPSA) is 12.0 Å². The maximum Gasteiger partial charge on any atom is 0.133 e. The van der Waals surface area contributed by atoms with Crippen molar-refractivity contribution in [1.29, 1.82) is 0 Å². The van der Waals surface area contributed by atoms with Gasteiger partial charge in [-0.05, 0) is 12.7 Å². The zero-order chi connectivity index (χ0) is 7.11. The first-order valence-corrected chi connectivity index (χ1v) is 4.76. The Labute approximate surface area is 95.0 Å². The van der Waals surface area contributed by atoms with Crippen molar-refractivity contribution in [1.82, 2.24) is 5.32 Å². The first-order chi connectivity index (χ1) is 4.31. The van der Waals surface area contributed by atoms with E-state index < -0.39 is 0 Å². The van der Waals surface area contributed by atoms with E-state index in [0.717, 1.165) is 10.9 Å². The van der Waals surface area contributed by atoms with Gasteiger partial charge in [0.1, 0.15) is 4.32 Å². The Balaban J connectivity index is 0. The summed E-state index contributed by atoms with van der Waals surface area (Å²) in [7, 11) is 0. The molecule has 0 aromatic heterocycles. The SMILES string of the molecule is CCCCNC(=S)SC.[Na]. The summed E-state index contributed by atoms with van der Waals surface area (Å²) in [6.45, 7) is 3.19. The number of nitrogens with one attached hydrogen (secondary N) is 1. The van der Waals surface area contributed by atoms with Crippen LogP contribution in [0.4, 0.5) is 0 Å². The maximum atomic E-state index is 4.92. The molecule has 1 nitrogen and oxygen atoms in total. The quantitative estimate of drug-likeness (QED) is 0.409. The van der Waals surface area contributed by atoms with Gasteiger partial charge >= 0.3 is 0 Å². The Kier molecular flexibility index (Phi) is 14.1. The number of unbranched alkanes of at least 4 members (excludes halogenated alkanes) is 1. The molecule has 0 aliphatic rings. The first kappa shape index (κ1) is 13.8. The Morgan fingerprint density at radius 2 is 2.20 bits per heavy atom. The molecular weight excluding hydrogens is 173 g/mol. The fourth-order valence-electron chi connectivity index (χ4n) is 0.439. The molecule has 0 saturated heterocycles. The van der Waals surface area contributed by atoms with Gasteiger partial charge in [0.2, 0.25) is 0 Å². The summed E-state index contributed by atoms with van der Waals surface area (Å²) >= 11 is 6.52. The molecule has 0 aromatic rings. The van der Waals surface area contributed by atoms with Crippen molar-refractivity contribution in [2.75, 3.05) is 12.8 Å². The standard InChI is InChI=1S/C6H13NS2.Na/c1-3-4-5-7-6(8)9-2;/h3-5H2,1-2H3,(H,7,8);. The van der Waals surface area contributed by atoms with Crippen molar-refractivity contribution < 1.29 is 0 Å². The van der Waals surface area contributed by atoms with Gasteiger partial charge in [-0.3, -0.25) is 0 Å². The summed E-state index contributed by atoms with van der Waals surface area (Å²) in [5, 5.41) is 3.13. The summed E-state index contributed by atoms with van der Waals surface area (Å²) in [4.78, 5) is 0. The minimum atomic E-state index is 0. The van der Waals surface area contributed by atoms with Gasteiger partial charge < -0.3 is 5.32 Å². The summed E-state index contributed by atoms with van der Waals surface area (Å²) in [5.74, 6) is 0. The van der Waals surface area contributed by atoms with Gasteiger partial charge in [0, 0.05) is 36.1 Å². The van der Waals surface area contributed by atoms with Crippen LogP contribution in [0.25, 0.3) is 0 Å². The van der Waals surface area contributed by atoms with Gasteiger partial charge in [-0.25, -0.2) is 0 Å². The number of hydrogen-bond acceptors (Lipinski definition) is 2. The minimum Gasteiger partial charge on any atom is -0.371 e. The van der Waals surface area contributed by atoms with Crippen molar-refractivity contribution in [3.8, 4) is 0 Å². The molecule has 4 heteroatoms. The van der Waals surface area contributed by atoms with Crippen LogP contribution in [0.5, 0.6) is 0 Å². The van der Waals surface area contributed by atoms with Gasteiger partial charge in [-0.15, -0.1) is 11.8 Å². The first-order valence-electron chi connectivity index (χ1n) is 3.13. The predicted octanol–water partition coefficient (Wildman–Crippen LogP) is 1.64. The number of rotatable bonds is 3. The van der Waals surface area contributed by atoms with E-state index in [-0.39, 0.29) is 29.6 Å². The molecule has 0 heterocycles. The second kappa shape index (κ2) is 10.2.